The van der Waals surface area contributed by atoms with E-state index in [9.17, 15) is 19.8 Å². The Morgan fingerprint density at radius 2 is 2.10 bits per heavy atom. The number of carbonyl (C=O) groups is 2. The number of ether oxygens (including phenoxy) is 1. The number of rotatable bonds is 6. The number of phenols is 1. The Morgan fingerprint density at radius 3 is 2.90 bits per heavy atom. The van der Waals surface area contributed by atoms with Crippen molar-refractivity contribution in [2.45, 2.75) is 18.6 Å². The lowest BCUT2D eigenvalue weighted by atomic mass is 10.0. The van der Waals surface area contributed by atoms with Crippen molar-refractivity contribution in [2.24, 2.45) is 5.16 Å². The first-order valence-electron chi connectivity index (χ1n) is 9.44. The van der Waals surface area contributed by atoms with Crippen LogP contribution >= 0.6 is 0 Å². The number of carbonyl (C=O) groups excluding carboxylic acids is 2. The maximum absolute atomic E-state index is 12.7. The highest BCUT2D eigenvalue weighted by atomic mass is 16.6. The average molecular weight is 424 g/mol. The summed E-state index contributed by atoms with van der Waals surface area (Å²) in [6, 6.07) is 4.68. The van der Waals surface area contributed by atoms with E-state index in [1.165, 1.54) is 43.8 Å². The number of nitrogens with zero attached hydrogens (tertiary/aromatic N) is 1. The second-order valence-electron chi connectivity index (χ2n) is 6.25. The molecule has 1 aliphatic rings. The zero-order valence-corrected chi connectivity index (χ0v) is 16.9. The number of benzene rings is 1. The van der Waals surface area contributed by atoms with Crippen molar-refractivity contribution in [1.82, 2.24) is 5.32 Å². The van der Waals surface area contributed by atoms with Crippen molar-refractivity contribution in [3.8, 4) is 5.75 Å². The number of aromatic hydroxyl groups is 1. The number of fused-ring (bicyclic) bond motifs is 1. The number of cyclic esters (lactones) is 1. The van der Waals surface area contributed by atoms with Crippen molar-refractivity contribution in [3.63, 3.8) is 0 Å². The number of nitrogens with one attached hydrogen (secondary N) is 1. The van der Waals surface area contributed by atoms with E-state index in [1.54, 1.807) is 48.6 Å². The van der Waals surface area contributed by atoms with Gasteiger partial charge in [0.1, 0.15) is 30.6 Å². The molecule has 8 nitrogen and oxygen atoms in total. The maximum atomic E-state index is 12.7. The number of aliphatic hydroxyl groups is 1. The van der Waals surface area contributed by atoms with Gasteiger partial charge < -0.3 is 25.1 Å². The molecule has 0 saturated carbocycles. The topological polar surface area (TPSA) is 117 Å². The minimum absolute atomic E-state index is 0.00838. The minimum Gasteiger partial charge on any atom is -0.507 e. The normalized spacial score (nSPS) is 22.3. The molecule has 0 spiro atoms. The van der Waals surface area contributed by atoms with Crippen LogP contribution in [0.5, 0.6) is 5.75 Å². The summed E-state index contributed by atoms with van der Waals surface area (Å²) < 4.78 is 5.47. The first-order chi connectivity index (χ1) is 15.0. The highest BCUT2D eigenvalue weighted by Crippen LogP contribution is 2.25. The molecule has 1 heterocycles. The van der Waals surface area contributed by atoms with Crippen LogP contribution in [0.3, 0.4) is 0 Å². The molecule has 0 aliphatic carbocycles. The van der Waals surface area contributed by atoms with Crippen molar-refractivity contribution >= 4 is 24.2 Å². The van der Waals surface area contributed by atoms with Gasteiger partial charge in [-0.05, 0) is 17.7 Å². The molecule has 2 rings (SSSR count). The third kappa shape index (κ3) is 7.79. The number of amides is 1. The van der Waals surface area contributed by atoms with Crippen LogP contribution in [-0.4, -0.2) is 47.6 Å². The van der Waals surface area contributed by atoms with E-state index in [0.29, 0.717) is 5.56 Å². The predicted octanol–water partition coefficient (Wildman–Crippen LogP) is 2.63. The van der Waals surface area contributed by atoms with Crippen molar-refractivity contribution in [3.05, 3.63) is 84.1 Å². The van der Waals surface area contributed by atoms with Crippen LogP contribution in [0.4, 0.5) is 0 Å². The van der Waals surface area contributed by atoms with Gasteiger partial charge in [-0.1, -0.05) is 59.8 Å². The number of allylic oxidation sites excluding steroid dienone is 5. The van der Waals surface area contributed by atoms with Gasteiger partial charge in [0.05, 0.1) is 6.21 Å². The molecule has 1 amide bonds. The highest BCUT2D eigenvalue weighted by molar-refractivity contribution is 5.96. The predicted molar refractivity (Wildman–Crippen MR) is 117 cm³/mol. The summed E-state index contributed by atoms with van der Waals surface area (Å²) in [7, 11) is 1.39. The Hall–Kier alpha value is -3.91. The van der Waals surface area contributed by atoms with Gasteiger partial charge in [-0.25, -0.2) is 4.79 Å². The number of phenolic OH excluding ortho intramolecular Hbond substituents is 1. The third-order valence-corrected chi connectivity index (χ3v) is 4.05. The van der Waals surface area contributed by atoms with Gasteiger partial charge in [-0.2, -0.15) is 0 Å². The van der Waals surface area contributed by atoms with Gasteiger partial charge in [0.2, 0.25) is 5.91 Å². The van der Waals surface area contributed by atoms with E-state index in [0.717, 1.165) is 0 Å². The number of hydrogen-bond acceptors (Lipinski definition) is 7. The maximum Gasteiger partial charge on any atom is 0.342 e. The third-order valence-electron chi connectivity index (χ3n) is 4.05. The minimum atomic E-state index is -1.10. The van der Waals surface area contributed by atoms with Crippen molar-refractivity contribution in [2.75, 3.05) is 7.11 Å². The highest BCUT2D eigenvalue weighted by Gasteiger charge is 2.24. The largest absolute Gasteiger partial charge is 0.507 e. The molecule has 162 valence electrons. The lowest BCUT2D eigenvalue weighted by Crippen LogP contribution is -2.30. The molecule has 0 fully saturated rings. The number of oxime groups is 1. The molecule has 0 bridgehead atoms. The molecular formula is C23H24N2O6. The monoisotopic (exact) mass is 424 g/mol. The molecular weight excluding hydrogens is 400 g/mol. The van der Waals surface area contributed by atoms with E-state index >= 15 is 0 Å². The van der Waals surface area contributed by atoms with Crippen molar-refractivity contribution in [1.29, 1.82) is 0 Å². The summed E-state index contributed by atoms with van der Waals surface area (Å²) in [5.74, 6) is -1.38. The molecule has 0 radical (unpaired) electrons. The Kier molecular flexibility index (Phi) is 9.51. The Morgan fingerprint density at radius 1 is 1.29 bits per heavy atom. The zero-order chi connectivity index (χ0) is 22.5. The van der Waals surface area contributed by atoms with E-state index in [-0.39, 0.29) is 17.7 Å². The molecule has 1 aliphatic heterocycles. The molecule has 31 heavy (non-hydrogen) atoms. The fraction of sp³-hybridized carbons (Fsp3) is 0.174. The fourth-order valence-electron chi connectivity index (χ4n) is 2.58. The average Bonchev–Trinajstić information content (AvgIpc) is 2.74. The lowest BCUT2D eigenvalue weighted by molar-refractivity contribution is -0.115. The van der Waals surface area contributed by atoms with Crippen LogP contribution < -0.4 is 5.32 Å². The standard InChI is InChI=1S/C23H24N2O6/c1-30-25-16-8-14-21(28)24-15-7-13-20-18(26)11-5-3-2-4-9-17-10-6-12-19(27)22(17)23(29)31-20/h2-12,14-16,18,20,26-27H,13H2,1H3,(H,24,28)/b3-2-,9-4+,11-5+,14-8-,15-7-,25-16+/t18-,20+/m0/s1. The summed E-state index contributed by atoms with van der Waals surface area (Å²) in [4.78, 5) is 28.8. The van der Waals surface area contributed by atoms with Gasteiger partial charge in [-0.3, -0.25) is 4.79 Å². The molecule has 1 aromatic rings. The molecule has 2 atom stereocenters. The van der Waals surface area contributed by atoms with Gasteiger partial charge in [-0.15, -0.1) is 0 Å². The zero-order valence-electron chi connectivity index (χ0n) is 16.9. The summed E-state index contributed by atoms with van der Waals surface area (Å²) in [5.41, 5.74) is 0.494. The smallest absolute Gasteiger partial charge is 0.342 e. The number of aliphatic hydroxyl groups excluding tert-OH is 1. The van der Waals surface area contributed by atoms with Crippen LogP contribution in [0, 0.1) is 0 Å². The Bertz CT molecular complexity index is 943. The molecule has 0 unspecified atom stereocenters. The summed E-state index contributed by atoms with van der Waals surface area (Å²) in [6.07, 6.45) is 14.9. The first kappa shape index (κ1) is 23.4. The second-order valence-corrected chi connectivity index (χ2v) is 6.25. The first-order valence-corrected chi connectivity index (χ1v) is 9.44. The van der Waals surface area contributed by atoms with E-state index < -0.39 is 24.1 Å². The SMILES string of the molecule is CO/N=C/C=C\C(=O)N/C=C\C[C@H]1OC(=O)c2c(O)cccc2/C=C/C=C\C=C\[C@@H]1O. The Balaban J connectivity index is 2.12. The van der Waals surface area contributed by atoms with Gasteiger partial charge in [0.15, 0.2) is 0 Å². The van der Waals surface area contributed by atoms with Crippen LogP contribution in [0.2, 0.25) is 0 Å². The van der Waals surface area contributed by atoms with E-state index in [2.05, 4.69) is 15.3 Å². The molecule has 8 heteroatoms. The number of esters is 1. The molecule has 3 N–H and O–H groups in total. The quantitative estimate of drug-likeness (QED) is 0.280. The van der Waals surface area contributed by atoms with Crippen LogP contribution in [0.15, 0.2) is 78.2 Å². The van der Waals surface area contributed by atoms with Crippen LogP contribution in [-0.2, 0) is 14.4 Å². The van der Waals surface area contributed by atoms with Gasteiger partial charge in [0.25, 0.3) is 0 Å². The molecule has 0 saturated heterocycles. The summed E-state index contributed by atoms with van der Waals surface area (Å²) in [6.45, 7) is 0. The van der Waals surface area contributed by atoms with Crippen LogP contribution in [0.1, 0.15) is 22.3 Å². The fourth-order valence-corrected chi connectivity index (χ4v) is 2.58. The van der Waals surface area contributed by atoms with E-state index in [1.807, 2.05) is 0 Å². The lowest BCUT2D eigenvalue weighted by Gasteiger charge is -2.21. The Labute approximate surface area is 180 Å². The number of hydrogen-bond donors (Lipinski definition) is 3. The van der Waals surface area contributed by atoms with Crippen LogP contribution in [0.25, 0.3) is 6.08 Å². The second kappa shape index (κ2) is 12.6. The summed E-state index contributed by atoms with van der Waals surface area (Å²) >= 11 is 0. The van der Waals surface area contributed by atoms with Crippen molar-refractivity contribution < 1.29 is 29.4 Å². The van der Waals surface area contributed by atoms with Gasteiger partial charge in [0, 0.05) is 18.7 Å². The molecule has 1 aromatic carbocycles. The van der Waals surface area contributed by atoms with E-state index in [4.69, 9.17) is 4.74 Å². The molecule has 0 aromatic heterocycles. The summed E-state index contributed by atoms with van der Waals surface area (Å²) in [5, 5.41) is 26.5. The van der Waals surface area contributed by atoms with Gasteiger partial charge >= 0.3 is 5.97 Å².